The zero-order valence-corrected chi connectivity index (χ0v) is 13.4. The van der Waals surface area contributed by atoms with Gasteiger partial charge in [0.05, 0.1) is 6.07 Å². The van der Waals surface area contributed by atoms with Gasteiger partial charge in [-0.3, -0.25) is 14.9 Å². The molecule has 0 bridgehead atoms. The van der Waals surface area contributed by atoms with Crippen LogP contribution in [0.2, 0.25) is 0 Å². The second kappa shape index (κ2) is 7.69. The molecule has 0 N–H and O–H groups in total. The first-order chi connectivity index (χ1) is 11.4. The maximum Gasteiger partial charge on any atom is 0.433 e. The Labute approximate surface area is 138 Å². The second-order valence-corrected chi connectivity index (χ2v) is 5.55. The van der Waals surface area contributed by atoms with Crippen molar-refractivity contribution < 1.29 is 18.5 Å². The monoisotopic (exact) mass is 335 g/mol. The Morgan fingerprint density at radius 1 is 1.17 bits per heavy atom. The SMILES string of the molecule is CN(C)CCN(Cc1ccc(F)cc1)C(=O)c1ccc([N+](=O)[O-])o1. The van der Waals surface area contributed by atoms with Crippen LogP contribution in [0.3, 0.4) is 0 Å². The lowest BCUT2D eigenvalue weighted by atomic mass is 10.2. The summed E-state index contributed by atoms with van der Waals surface area (Å²) in [5.41, 5.74) is 0.754. The van der Waals surface area contributed by atoms with E-state index in [4.69, 9.17) is 4.42 Å². The fourth-order valence-corrected chi connectivity index (χ4v) is 2.08. The molecule has 1 amide bonds. The van der Waals surface area contributed by atoms with Crippen LogP contribution < -0.4 is 0 Å². The number of halogens is 1. The van der Waals surface area contributed by atoms with Crippen molar-refractivity contribution in [3.05, 3.63) is 63.7 Å². The highest BCUT2D eigenvalue weighted by Crippen LogP contribution is 2.18. The van der Waals surface area contributed by atoms with Gasteiger partial charge < -0.3 is 14.2 Å². The van der Waals surface area contributed by atoms with Crippen LogP contribution in [-0.2, 0) is 6.54 Å². The van der Waals surface area contributed by atoms with Crippen LogP contribution in [0.4, 0.5) is 10.3 Å². The third-order valence-corrected chi connectivity index (χ3v) is 3.37. The molecule has 8 heteroatoms. The molecular weight excluding hydrogens is 317 g/mol. The number of hydrogen-bond donors (Lipinski definition) is 0. The van der Waals surface area contributed by atoms with Gasteiger partial charge in [-0.2, -0.15) is 0 Å². The number of furan rings is 1. The van der Waals surface area contributed by atoms with Crippen LogP contribution in [0.15, 0.2) is 40.8 Å². The Balaban J connectivity index is 2.18. The molecule has 0 unspecified atom stereocenters. The van der Waals surface area contributed by atoms with Gasteiger partial charge in [-0.1, -0.05) is 12.1 Å². The van der Waals surface area contributed by atoms with Gasteiger partial charge in [-0.15, -0.1) is 0 Å². The van der Waals surface area contributed by atoms with Gasteiger partial charge in [-0.05, 0) is 37.9 Å². The number of amides is 1. The number of carbonyl (C=O) groups excluding carboxylic acids is 1. The number of likely N-dealkylation sites (N-methyl/N-ethyl adjacent to an activating group) is 1. The average molecular weight is 335 g/mol. The summed E-state index contributed by atoms with van der Waals surface area (Å²) >= 11 is 0. The van der Waals surface area contributed by atoms with Gasteiger partial charge in [0.15, 0.2) is 5.76 Å². The Morgan fingerprint density at radius 3 is 2.38 bits per heavy atom. The number of hydrogen-bond acceptors (Lipinski definition) is 5. The highest BCUT2D eigenvalue weighted by Gasteiger charge is 2.22. The maximum absolute atomic E-state index is 13.0. The first kappa shape index (κ1) is 17.6. The zero-order valence-electron chi connectivity index (χ0n) is 13.4. The molecule has 0 aliphatic rings. The molecule has 128 valence electrons. The molecule has 2 aromatic rings. The van der Waals surface area contributed by atoms with Crippen LogP contribution in [0, 0.1) is 15.9 Å². The predicted octanol–water partition coefficient (Wildman–Crippen LogP) is 2.53. The Kier molecular flexibility index (Phi) is 5.64. The van der Waals surface area contributed by atoms with Gasteiger partial charge >= 0.3 is 5.88 Å². The van der Waals surface area contributed by atoms with E-state index in [0.29, 0.717) is 13.1 Å². The standard InChI is InChI=1S/C16H18FN3O4/c1-18(2)9-10-19(11-12-3-5-13(17)6-4-12)16(21)14-7-8-15(24-14)20(22)23/h3-8H,9-11H2,1-2H3. The molecular formula is C16H18FN3O4. The average Bonchev–Trinajstić information content (AvgIpc) is 3.02. The van der Waals surface area contributed by atoms with Gasteiger partial charge in [0.2, 0.25) is 0 Å². The molecule has 1 aromatic carbocycles. The summed E-state index contributed by atoms with van der Waals surface area (Å²) < 4.78 is 18.0. The second-order valence-electron chi connectivity index (χ2n) is 5.55. The topological polar surface area (TPSA) is 79.8 Å². The molecule has 1 aromatic heterocycles. The molecule has 0 saturated heterocycles. The Hall–Kier alpha value is -2.74. The van der Waals surface area contributed by atoms with E-state index in [-0.39, 0.29) is 18.1 Å². The molecule has 0 saturated carbocycles. The minimum Gasteiger partial charge on any atom is -0.395 e. The van der Waals surface area contributed by atoms with Gasteiger partial charge in [0, 0.05) is 19.6 Å². The van der Waals surface area contributed by atoms with Gasteiger partial charge in [0.25, 0.3) is 5.91 Å². The van der Waals surface area contributed by atoms with E-state index in [2.05, 4.69) is 0 Å². The summed E-state index contributed by atoms with van der Waals surface area (Å²) in [6.07, 6.45) is 0. The minimum absolute atomic E-state index is 0.0948. The highest BCUT2D eigenvalue weighted by molar-refractivity contribution is 5.91. The summed E-state index contributed by atoms with van der Waals surface area (Å²) in [5.74, 6) is -1.38. The molecule has 0 atom stereocenters. The van der Waals surface area contributed by atoms with E-state index in [1.54, 1.807) is 12.1 Å². The summed E-state index contributed by atoms with van der Waals surface area (Å²) in [7, 11) is 3.75. The molecule has 0 aliphatic carbocycles. The third-order valence-electron chi connectivity index (χ3n) is 3.37. The van der Waals surface area contributed by atoms with E-state index in [9.17, 15) is 19.3 Å². The summed E-state index contributed by atoms with van der Waals surface area (Å²) in [6.45, 7) is 1.26. The molecule has 1 heterocycles. The molecule has 2 rings (SSSR count). The van der Waals surface area contributed by atoms with Crippen LogP contribution in [0.5, 0.6) is 0 Å². The maximum atomic E-state index is 13.0. The van der Waals surface area contributed by atoms with E-state index in [1.165, 1.54) is 23.1 Å². The fraction of sp³-hybridized carbons (Fsp3) is 0.312. The van der Waals surface area contributed by atoms with Gasteiger partial charge in [0.1, 0.15) is 10.7 Å². The van der Waals surface area contributed by atoms with Crippen molar-refractivity contribution in [3.63, 3.8) is 0 Å². The third kappa shape index (κ3) is 4.63. The number of rotatable bonds is 7. The lowest BCUT2D eigenvalue weighted by Gasteiger charge is -2.23. The normalized spacial score (nSPS) is 10.8. The summed E-state index contributed by atoms with van der Waals surface area (Å²) in [6, 6.07) is 8.26. The van der Waals surface area contributed by atoms with Crippen molar-refractivity contribution in [2.24, 2.45) is 0 Å². The molecule has 0 radical (unpaired) electrons. The first-order valence-corrected chi connectivity index (χ1v) is 7.29. The first-order valence-electron chi connectivity index (χ1n) is 7.29. The van der Waals surface area contributed by atoms with Crippen molar-refractivity contribution in [3.8, 4) is 0 Å². The molecule has 0 spiro atoms. The van der Waals surface area contributed by atoms with E-state index in [0.717, 1.165) is 11.6 Å². The van der Waals surface area contributed by atoms with Gasteiger partial charge in [-0.25, -0.2) is 4.39 Å². The van der Waals surface area contributed by atoms with Crippen molar-refractivity contribution in [2.45, 2.75) is 6.54 Å². The number of nitrogens with zero attached hydrogens (tertiary/aromatic N) is 3. The van der Waals surface area contributed by atoms with Crippen LogP contribution >= 0.6 is 0 Å². The summed E-state index contributed by atoms with van der Waals surface area (Å²) in [5, 5.41) is 10.7. The molecule has 24 heavy (non-hydrogen) atoms. The van der Waals surface area contributed by atoms with Crippen molar-refractivity contribution in [1.82, 2.24) is 9.80 Å². The largest absolute Gasteiger partial charge is 0.433 e. The highest BCUT2D eigenvalue weighted by atomic mass is 19.1. The summed E-state index contributed by atoms with van der Waals surface area (Å²) in [4.78, 5) is 26.0. The quantitative estimate of drug-likeness (QED) is 0.574. The van der Waals surface area contributed by atoms with E-state index >= 15 is 0 Å². The Morgan fingerprint density at radius 2 is 1.83 bits per heavy atom. The van der Waals surface area contributed by atoms with Crippen LogP contribution in [0.1, 0.15) is 16.1 Å². The smallest absolute Gasteiger partial charge is 0.395 e. The van der Waals surface area contributed by atoms with Crippen molar-refractivity contribution in [2.75, 3.05) is 27.2 Å². The van der Waals surface area contributed by atoms with E-state index in [1.807, 2.05) is 19.0 Å². The van der Waals surface area contributed by atoms with Crippen LogP contribution in [-0.4, -0.2) is 47.8 Å². The fourth-order valence-electron chi connectivity index (χ4n) is 2.08. The van der Waals surface area contributed by atoms with Crippen LogP contribution in [0.25, 0.3) is 0 Å². The Bertz CT molecular complexity index is 712. The molecule has 7 nitrogen and oxygen atoms in total. The minimum atomic E-state index is -0.694. The zero-order chi connectivity index (χ0) is 17.7. The lowest BCUT2D eigenvalue weighted by Crippen LogP contribution is -2.36. The molecule has 0 aliphatic heterocycles. The van der Waals surface area contributed by atoms with Crippen molar-refractivity contribution >= 4 is 11.8 Å². The van der Waals surface area contributed by atoms with E-state index < -0.39 is 16.7 Å². The predicted molar refractivity (Wildman–Crippen MR) is 85.1 cm³/mol. The molecule has 0 fully saturated rings. The number of nitro groups is 1. The number of benzene rings is 1. The van der Waals surface area contributed by atoms with Crippen molar-refractivity contribution in [1.29, 1.82) is 0 Å². The lowest BCUT2D eigenvalue weighted by molar-refractivity contribution is -0.402. The number of carbonyl (C=O) groups is 1.